The van der Waals surface area contributed by atoms with Crippen molar-refractivity contribution in [1.29, 1.82) is 0 Å². The Hall–Kier alpha value is -1.65. The van der Waals surface area contributed by atoms with Gasteiger partial charge in [0.05, 0.1) is 26.8 Å². The van der Waals surface area contributed by atoms with Gasteiger partial charge in [0.25, 0.3) is 0 Å². The van der Waals surface area contributed by atoms with Gasteiger partial charge in [0.2, 0.25) is 0 Å². The molecule has 0 aliphatic heterocycles. The van der Waals surface area contributed by atoms with Gasteiger partial charge in [0, 0.05) is 6.07 Å². The second kappa shape index (κ2) is 6.58. The second-order valence-electron chi connectivity index (χ2n) is 4.46. The Labute approximate surface area is 150 Å². The minimum atomic E-state index is -5.19. The number of hydrogen-bond donors (Lipinski definition) is 1. The van der Waals surface area contributed by atoms with Crippen molar-refractivity contribution in [2.24, 2.45) is 0 Å². The molecule has 0 bridgehead atoms. The molecular weight excluding hydrogens is 422 g/mol. The Kier molecular flexibility index (Phi) is 5.18. The third-order valence-corrected chi connectivity index (χ3v) is 3.94. The summed E-state index contributed by atoms with van der Waals surface area (Å²) in [7, 11) is 0. The van der Waals surface area contributed by atoms with Gasteiger partial charge in [-0.2, -0.15) is 31.4 Å². The minimum Gasteiger partial charge on any atom is -0.303 e. The first-order valence-electron chi connectivity index (χ1n) is 6.01. The summed E-state index contributed by atoms with van der Waals surface area (Å²) in [4.78, 5) is 11.0. The Bertz CT molecular complexity index is 831. The van der Waals surface area contributed by atoms with E-state index in [1.807, 2.05) is 0 Å². The first-order chi connectivity index (χ1) is 11.3. The number of hydrogen-bond acceptors (Lipinski definition) is 2. The lowest BCUT2D eigenvalue weighted by molar-refractivity contribution is -0.167. The number of rotatable bonds is 2. The van der Waals surface area contributed by atoms with Crippen molar-refractivity contribution in [2.75, 3.05) is 5.32 Å². The smallest absolute Gasteiger partial charge is 0.303 e. The number of amides is 1. The number of anilines is 1. The highest BCUT2D eigenvalue weighted by atomic mass is 35.5. The Balaban J connectivity index is 2.57. The molecule has 0 unspecified atom stereocenters. The summed E-state index contributed by atoms with van der Waals surface area (Å²) in [6.07, 6.45) is -9.08. The second-order valence-corrected chi connectivity index (χ2v) is 5.62. The van der Waals surface area contributed by atoms with Crippen molar-refractivity contribution in [3.63, 3.8) is 0 Å². The van der Waals surface area contributed by atoms with E-state index in [1.165, 1.54) is 5.32 Å². The molecule has 1 amide bonds. The molecule has 25 heavy (non-hydrogen) atoms. The molecule has 1 aromatic carbocycles. The Morgan fingerprint density at radius 3 is 2.20 bits per heavy atom. The van der Waals surface area contributed by atoms with Crippen LogP contribution >= 0.6 is 34.8 Å². The zero-order valence-corrected chi connectivity index (χ0v) is 13.7. The van der Waals surface area contributed by atoms with Crippen LogP contribution in [0.3, 0.4) is 0 Å². The predicted octanol–water partition coefficient (Wildman–Crippen LogP) is 5.35. The van der Waals surface area contributed by atoms with Crippen molar-refractivity contribution in [1.82, 2.24) is 9.78 Å². The van der Waals surface area contributed by atoms with E-state index in [2.05, 4.69) is 5.10 Å². The largest absolute Gasteiger partial charge is 0.471 e. The van der Waals surface area contributed by atoms with Crippen LogP contribution in [-0.2, 0) is 11.0 Å². The number of alkyl halides is 6. The third kappa shape index (κ3) is 3.96. The quantitative estimate of drug-likeness (QED) is 0.520. The van der Waals surface area contributed by atoms with E-state index in [4.69, 9.17) is 34.8 Å². The summed E-state index contributed by atoms with van der Waals surface area (Å²) in [6.45, 7) is 0. The van der Waals surface area contributed by atoms with E-state index in [9.17, 15) is 31.1 Å². The average Bonchev–Trinajstić information content (AvgIpc) is 2.89. The van der Waals surface area contributed by atoms with Crippen LogP contribution in [0.2, 0.25) is 15.1 Å². The minimum absolute atomic E-state index is 0.427. The van der Waals surface area contributed by atoms with Gasteiger partial charge in [0.1, 0.15) is 11.5 Å². The highest BCUT2D eigenvalue weighted by Crippen LogP contribution is 2.44. The number of benzene rings is 1. The Morgan fingerprint density at radius 2 is 1.68 bits per heavy atom. The molecular formula is C12H4Cl3F6N3O. The van der Waals surface area contributed by atoms with Gasteiger partial charge in [-0.05, 0) is 6.07 Å². The van der Waals surface area contributed by atoms with Crippen molar-refractivity contribution >= 4 is 46.5 Å². The first-order valence-corrected chi connectivity index (χ1v) is 7.14. The number of halogens is 9. The molecule has 0 atom stereocenters. The van der Waals surface area contributed by atoms with Crippen molar-refractivity contribution < 1.29 is 31.1 Å². The van der Waals surface area contributed by atoms with Crippen LogP contribution in [0, 0.1) is 0 Å². The van der Waals surface area contributed by atoms with Gasteiger partial charge in [-0.15, -0.1) is 0 Å². The van der Waals surface area contributed by atoms with Crippen LogP contribution in [0.1, 0.15) is 5.56 Å². The molecule has 136 valence electrons. The lowest BCUT2D eigenvalue weighted by Crippen LogP contribution is -2.30. The van der Waals surface area contributed by atoms with Crippen molar-refractivity contribution in [3.05, 3.63) is 39.0 Å². The van der Waals surface area contributed by atoms with Gasteiger partial charge in [-0.3, -0.25) is 4.79 Å². The van der Waals surface area contributed by atoms with E-state index >= 15 is 0 Å². The monoisotopic (exact) mass is 425 g/mol. The van der Waals surface area contributed by atoms with Crippen LogP contribution < -0.4 is 5.32 Å². The van der Waals surface area contributed by atoms with Crippen LogP contribution in [0.5, 0.6) is 0 Å². The van der Waals surface area contributed by atoms with E-state index in [-0.39, 0.29) is 0 Å². The number of carbonyl (C=O) groups is 1. The maximum Gasteiger partial charge on any atom is 0.471 e. The first kappa shape index (κ1) is 19.7. The van der Waals surface area contributed by atoms with Crippen LogP contribution in [0.4, 0.5) is 32.2 Å². The molecule has 1 heterocycles. The molecule has 2 aromatic rings. The van der Waals surface area contributed by atoms with Crippen molar-refractivity contribution in [3.8, 4) is 5.69 Å². The average molecular weight is 427 g/mol. The highest BCUT2D eigenvalue weighted by molar-refractivity contribution is 6.45. The topological polar surface area (TPSA) is 46.9 Å². The maximum absolute atomic E-state index is 12.9. The fraction of sp³-hybridized carbons (Fsp3) is 0.167. The molecule has 1 aromatic heterocycles. The predicted molar refractivity (Wildman–Crippen MR) is 78.3 cm³/mol. The highest BCUT2D eigenvalue weighted by Gasteiger charge is 2.40. The van der Waals surface area contributed by atoms with Gasteiger partial charge in [0.15, 0.2) is 0 Å². The van der Waals surface area contributed by atoms with Crippen LogP contribution in [0.25, 0.3) is 5.69 Å². The number of aromatic nitrogens is 2. The lowest BCUT2D eigenvalue weighted by Gasteiger charge is -2.17. The zero-order chi connectivity index (χ0) is 19.2. The summed E-state index contributed by atoms with van der Waals surface area (Å²) in [6, 6.07) is 1.41. The standard InChI is InChI=1S/C12H4Cl3F6N3O/c13-5-3-4(11(16,17)18)7(14)8(15)9(5)24-6(1-2-22-24)23-10(25)12(19,20)21/h1-3H,(H,23,25). The molecule has 0 aliphatic carbocycles. The number of nitrogens with zero attached hydrogens (tertiary/aromatic N) is 2. The summed E-state index contributed by atoms with van der Waals surface area (Å²) in [5, 5.41) is 2.89. The molecule has 0 radical (unpaired) electrons. The summed E-state index contributed by atoms with van der Waals surface area (Å²) in [5.74, 6) is -2.85. The summed E-state index contributed by atoms with van der Waals surface area (Å²) in [5.41, 5.74) is -1.76. The zero-order valence-electron chi connectivity index (χ0n) is 11.4. The number of nitrogens with one attached hydrogen (secondary N) is 1. The molecule has 0 saturated carbocycles. The SMILES string of the molecule is O=C(Nc1ccnn1-c1c(Cl)cc(C(F)(F)F)c(Cl)c1Cl)C(F)(F)F. The maximum atomic E-state index is 12.9. The summed E-state index contributed by atoms with van der Waals surface area (Å²) < 4.78 is 76.2. The fourth-order valence-corrected chi connectivity index (χ4v) is 2.62. The number of carbonyl (C=O) groups excluding carboxylic acids is 1. The molecule has 0 fully saturated rings. The van der Waals surface area contributed by atoms with Crippen molar-refractivity contribution in [2.45, 2.75) is 12.4 Å². The van der Waals surface area contributed by atoms with E-state index in [0.29, 0.717) is 10.7 Å². The van der Waals surface area contributed by atoms with E-state index < -0.39 is 50.4 Å². The van der Waals surface area contributed by atoms with Gasteiger partial charge >= 0.3 is 18.3 Å². The lowest BCUT2D eigenvalue weighted by atomic mass is 10.2. The molecule has 0 spiro atoms. The molecule has 0 saturated heterocycles. The summed E-state index contributed by atoms with van der Waals surface area (Å²) >= 11 is 17.1. The van der Waals surface area contributed by atoms with Gasteiger partial charge in [-0.25, -0.2) is 4.68 Å². The third-order valence-electron chi connectivity index (χ3n) is 2.79. The normalized spacial score (nSPS) is 12.4. The van der Waals surface area contributed by atoms with Crippen LogP contribution in [0.15, 0.2) is 18.3 Å². The van der Waals surface area contributed by atoms with E-state index in [0.717, 1.165) is 12.3 Å². The van der Waals surface area contributed by atoms with E-state index in [1.54, 1.807) is 0 Å². The molecule has 0 aliphatic rings. The molecule has 1 N–H and O–H groups in total. The van der Waals surface area contributed by atoms with Gasteiger partial charge < -0.3 is 5.32 Å². The van der Waals surface area contributed by atoms with Gasteiger partial charge in [-0.1, -0.05) is 34.8 Å². The Morgan fingerprint density at radius 1 is 1.08 bits per heavy atom. The fourth-order valence-electron chi connectivity index (χ4n) is 1.75. The van der Waals surface area contributed by atoms with Crippen LogP contribution in [-0.4, -0.2) is 21.9 Å². The molecule has 2 rings (SSSR count). The molecule has 13 heteroatoms. The molecule has 4 nitrogen and oxygen atoms in total.